The Morgan fingerprint density at radius 3 is 2.49 bits per heavy atom. The second-order valence-electron chi connectivity index (χ2n) is 10.5. The van der Waals surface area contributed by atoms with Crippen molar-refractivity contribution in [2.75, 3.05) is 26.2 Å². The lowest BCUT2D eigenvalue weighted by atomic mass is 9.82. The minimum absolute atomic E-state index is 0.0254. The third kappa shape index (κ3) is 7.33. The molecule has 2 heterocycles. The molecule has 192 valence electrons. The van der Waals surface area contributed by atoms with E-state index >= 15 is 0 Å². The first-order valence-corrected chi connectivity index (χ1v) is 14.0. The van der Waals surface area contributed by atoms with E-state index in [2.05, 4.69) is 46.7 Å². The third-order valence-electron chi connectivity index (χ3n) is 8.09. The maximum atomic E-state index is 12.7. The Morgan fingerprint density at radius 2 is 1.83 bits per heavy atom. The molecule has 6 heteroatoms. The number of amides is 2. The molecule has 0 aromatic heterocycles. The van der Waals surface area contributed by atoms with Gasteiger partial charge in [0, 0.05) is 30.5 Å². The van der Waals surface area contributed by atoms with Gasteiger partial charge in [0.25, 0.3) is 0 Å². The first-order chi connectivity index (χ1) is 17.1. The number of urea groups is 1. The van der Waals surface area contributed by atoms with Crippen molar-refractivity contribution in [2.24, 2.45) is 16.6 Å². The number of nitrogens with zero attached hydrogens (tertiary/aromatic N) is 2. The number of benzene rings is 1. The van der Waals surface area contributed by atoms with E-state index in [-0.39, 0.29) is 12.1 Å². The monoisotopic (exact) mass is 479 g/mol. The van der Waals surface area contributed by atoms with Crippen molar-refractivity contribution in [1.29, 1.82) is 0 Å². The number of hydrogen-bond donors (Lipinski definition) is 3. The molecule has 4 rings (SSSR count). The van der Waals surface area contributed by atoms with Crippen LogP contribution in [-0.4, -0.2) is 48.9 Å². The van der Waals surface area contributed by atoms with E-state index in [1.54, 1.807) is 0 Å². The highest BCUT2D eigenvalue weighted by molar-refractivity contribution is 6.01. The molecule has 2 fully saturated rings. The zero-order valence-corrected chi connectivity index (χ0v) is 21.6. The number of hydrogen-bond acceptors (Lipinski definition) is 4. The summed E-state index contributed by atoms with van der Waals surface area (Å²) in [5.41, 5.74) is 11.4. The van der Waals surface area contributed by atoms with Crippen LogP contribution in [0.1, 0.15) is 89.2 Å². The summed E-state index contributed by atoms with van der Waals surface area (Å²) in [5.74, 6) is 0.531. The molecule has 1 atom stereocenters. The van der Waals surface area contributed by atoms with Gasteiger partial charge in [0.05, 0.1) is 6.04 Å². The van der Waals surface area contributed by atoms with Crippen LogP contribution in [0.2, 0.25) is 0 Å². The van der Waals surface area contributed by atoms with Gasteiger partial charge in [-0.3, -0.25) is 4.99 Å². The number of nitrogens with one attached hydrogen (secondary N) is 2. The van der Waals surface area contributed by atoms with E-state index in [0.29, 0.717) is 12.0 Å². The Kier molecular flexibility index (Phi) is 9.64. The number of rotatable bonds is 9. The topological polar surface area (TPSA) is 82.8 Å². The van der Waals surface area contributed by atoms with Gasteiger partial charge in [0.1, 0.15) is 0 Å². The van der Waals surface area contributed by atoms with Crippen LogP contribution in [0.5, 0.6) is 0 Å². The average Bonchev–Trinajstić information content (AvgIpc) is 3.41. The smallest absolute Gasteiger partial charge is 0.315 e. The summed E-state index contributed by atoms with van der Waals surface area (Å²) in [6.07, 6.45) is 12.3. The first-order valence-electron chi connectivity index (χ1n) is 14.0. The molecule has 2 aliphatic heterocycles. The molecule has 0 unspecified atom stereocenters. The predicted molar refractivity (Wildman–Crippen MR) is 145 cm³/mol. The summed E-state index contributed by atoms with van der Waals surface area (Å²) in [7, 11) is 0. The zero-order chi connectivity index (χ0) is 24.5. The van der Waals surface area contributed by atoms with Crippen molar-refractivity contribution in [3.05, 3.63) is 47.2 Å². The standard InChI is InChI=1S/C29H45N5O/c1-2-25(30)28(27-14-8-9-18-31-27)23-15-19-34(20-16-23)21-17-26(22-10-4-3-5-11-22)33-29(35)32-24-12-6-7-13-24/h3-5,10-11,23-24,26H,2,6-9,12-21,30H2,1H3,(H2,32,33,35)/t26-/m0/s1. The number of allylic oxidation sites excluding steroid dienone is 2. The van der Waals surface area contributed by atoms with Crippen LogP contribution in [0.4, 0.5) is 4.79 Å². The van der Waals surface area contributed by atoms with Crippen LogP contribution >= 0.6 is 0 Å². The molecular formula is C29H45N5O. The minimum atomic E-state index is -0.0254. The van der Waals surface area contributed by atoms with Crippen molar-refractivity contribution in [3.8, 4) is 0 Å². The van der Waals surface area contributed by atoms with E-state index in [1.807, 2.05) is 6.07 Å². The van der Waals surface area contributed by atoms with Crippen LogP contribution in [-0.2, 0) is 0 Å². The molecule has 35 heavy (non-hydrogen) atoms. The van der Waals surface area contributed by atoms with E-state index in [1.165, 1.54) is 42.5 Å². The van der Waals surface area contributed by atoms with Gasteiger partial charge in [0.15, 0.2) is 0 Å². The van der Waals surface area contributed by atoms with Gasteiger partial charge in [-0.25, -0.2) is 4.79 Å². The molecule has 2 amide bonds. The Bertz CT molecular complexity index is 866. The van der Waals surface area contributed by atoms with E-state index in [4.69, 9.17) is 10.7 Å². The zero-order valence-electron chi connectivity index (χ0n) is 21.6. The second-order valence-corrected chi connectivity index (χ2v) is 10.5. The van der Waals surface area contributed by atoms with Crippen LogP contribution in [0, 0.1) is 5.92 Å². The van der Waals surface area contributed by atoms with Gasteiger partial charge in [-0.2, -0.15) is 0 Å². The van der Waals surface area contributed by atoms with Gasteiger partial charge >= 0.3 is 6.03 Å². The van der Waals surface area contributed by atoms with E-state index in [0.717, 1.165) is 76.8 Å². The van der Waals surface area contributed by atoms with E-state index in [9.17, 15) is 4.79 Å². The number of nitrogens with two attached hydrogens (primary N) is 1. The van der Waals surface area contributed by atoms with Crippen LogP contribution in [0.15, 0.2) is 46.6 Å². The maximum absolute atomic E-state index is 12.7. The number of likely N-dealkylation sites (tertiary alicyclic amines) is 1. The van der Waals surface area contributed by atoms with Gasteiger partial charge in [0.2, 0.25) is 0 Å². The van der Waals surface area contributed by atoms with Crippen molar-refractivity contribution < 1.29 is 4.79 Å². The van der Waals surface area contributed by atoms with E-state index < -0.39 is 0 Å². The highest BCUT2D eigenvalue weighted by Crippen LogP contribution is 2.31. The third-order valence-corrected chi connectivity index (χ3v) is 8.09. The average molecular weight is 480 g/mol. The molecule has 1 aromatic rings. The molecule has 1 aromatic carbocycles. The lowest BCUT2D eigenvalue weighted by Gasteiger charge is -2.35. The Balaban J connectivity index is 1.32. The van der Waals surface area contributed by atoms with Crippen LogP contribution in [0.3, 0.4) is 0 Å². The number of carbonyl (C=O) groups is 1. The minimum Gasteiger partial charge on any atom is -0.402 e. The molecular weight excluding hydrogens is 434 g/mol. The van der Waals surface area contributed by atoms with Gasteiger partial charge in [-0.1, -0.05) is 50.1 Å². The number of aliphatic imine (C=N–C) groups is 1. The lowest BCUT2D eigenvalue weighted by molar-refractivity contribution is 0.189. The maximum Gasteiger partial charge on any atom is 0.315 e. The summed E-state index contributed by atoms with van der Waals surface area (Å²) in [4.78, 5) is 20.2. The van der Waals surface area contributed by atoms with Gasteiger partial charge in [-0.15, -0.1) is 0 Å². The highest BCUT2D eigenvalue weighted by atomic mass is 16.2. The predicted octanol–water partition coefficient (Wildman–Crippen LogP) is 5.32. The quantitative estimate of drug-likeness (QED) is 0.448. The molecule has 4 N–H and O–H groups in total. The molecule has 0 radical (unpaired) electrons. The Hall–Kier alpha value is -2.34. The normalized spacial score (nSPS) is 21.8. The summed E-state index contributed by atoms with van der Waals surface area (Å²) in [6.45, 7) is 6.26. The fraction of sp³-hybridized carbons (Fsp3) is 0.655. The summed E-state index contributed by atoms with van der Waals surface area (Å²) in [5, 5.41) is 6.47. The number of piperidine rings is 1. The summed E-state index contributed by atoms with van der Waals surface area (Å²) in [6, 6.07) is 10.7. The Morgan fingerprint density at radius 1 is 1.09 bits per heavy atom. The molecule has 1 saturated carbocycles. The van der Waals surface area contributed by atoms with Crippen molar-refractivity contribution in [2.45, 2.75) is 89.6 Å². The molecule has 3 aliphatic rings. The Labute approximate surface area is 211 Å². The van der Waals surface area contributed by atoms with Gasteiger partial charge in [-0.05, 0) is 87.9 Å². The summed E-state index contributed by atoms with van der Waals surface area (Å²) < 4.78 is 0. The lowest BCUT2D eigenvalue weighted by Crippen LogP contribution is -2.43. The first kappa shape index (κ1) is 25.7. The van der Waals surface area contributed by atoms with Crippen molar-refractivity contribution >= 4 is 11.7 Å². The molecule has 1 saturated heterocycles. The second kappa shape index (κ2) is 13.1. The van der Waals surface area contributed by atoms with Crippen LogP contribution in [0.25, 0.3) is 0 Å². The van der Waals surface area contributed by atoms with Crippen molar-refractivity contribution in [3.63, 3.8) is 0 Å². The SMILES string of the molecule is CCC(N)=C(C1=NCCCC1)C1CCN(CC[C@H](NC(=O)NC2CCCC2)c2ccccc2)CC1. The summed E-state index contributed by atoms with van der Waals surface area (Å²) >= 11 is 0. The molecule has 0 bridgehead atoms. The van der Waals surface area contributed by atoms with Gasteiger partial charge < -0.3 is 21.3 Å². The number of carbonyl (C=O) groups excluding carboxylic acids is 1. The fourth-order valence-electron chi connectivity index (χ4n) is 6.01. The largest absolute Gasteiger partial charge is 0.402 e. The van der Waals surface area contributed by atoms with Crippen molar-refractivity contribution in [1.82, 2.24) is 15.5 Å². The fourth-order valence-corrected chi connectivity index (χ4v) is 6.01. The molecule has 1 aliphatic carbocycles. The highest BCUT2D eigenvalue weighted by Gasteiger charge is 2.28. The molecule has 6 nitrogen and oxygen atoms in total. The van der Waals surface area contributed by atoms with Crippen LogP contribution < -0.4 is 16.4 Å². The molecule has 0 spiro atoms.